The molecule has 1 unspecified atom stereocenters. The lowest BCUT2D eigenvalue weighted by Crippen LogP contribution is -2.33. The van der Waals surface area contributed by atoms with Crippen LogP contribution in [0.2, 0.25) is 0 Å². The fourth-order valence-electron chi connectivity index (χ4n) is 3.23. The van der Waals surface area contributed by atoms with Gasteiger partial charge in [-0.1, -0.05) is 0 Å². The van der Waals surface area contributed by atoms with Crippen molar-refractivity contribution in [3.05, 3.63) is 29.8 Å². The highest BCUT2D eigenvalue weighted by Gasteiger charge is 2.45. The molecule has 2 aliphatic rings. The number of carbonyl (C=O) groups excluding carboxylic acids is 2. The number of likely N-dealkylation sites (tertiary alicyclic amines) is 1. The standard InChI is InChI=1S/C16H21N3O2/c1-18(2)13-5-3-12(4-6-13)15(21)19-8-7-16(11-19)9-14(20)17-10-16/h3-6H,7-11H2,1-2H3,(H,17,20). The van der Waals surface area contributed by atoms with Gasteiger partial charge in [-0.15, -0.1) is 0 Å². The van der Waals surface area contributed by atoms with Crippen molar-refractivity contribution in [3.8, 4) is 0 Å². The van der Waals surface area contributed by atoms with Crippen molar-refractivity contribution in [1.29, 1.82) is 0 Å². The summed E-state index contributed by atoms with van der Waals surface area (Å²) in [6, 6.07) is 7.67. The Labute approximate surface area is 124 Å². The van der Waals surface area contributed by atoms with E-state index in [0.717, 1.165) is 24.2 Å². The van der Waals surface area contributed by atoms with Gasteiger partial charge in [0.05, 0.1) is 0 Å². The summed E-state index contributed by atoms with van der Waals surface area (Å²) in [5, 5.41) is 2.89. The van der Waals surface area contributed by atoms with Gasteiger partial charge in [-0.3, -0.25) is 9.59 Å². The molecule has 3 rings (SSSR count). The second kappa shape index (κ2) is 5.06. The molecule has 2 aliphatic heterocycles. The molecule has 0 aliphatic carbocycles. The SMILES string of the molecule is CN(C)c1ccc(C(=O)N2CCC3(CNC(=O)C3)C2)cc1. The molecule has 112 valence electrons. The van der Waals surface area contributed by atoms with Crippen molar-refractivity contribution >= 4 is 17.5 Å². The van der Waals surface area contributed by atoms with Gasteiger partial charge in [0.2, 0.25) is 5.91 Å². The number of hydrogen-bond donors (Lipinski definition) is 1. The molecule has 1 spiro atoms. The van der Waals surface area contributed by atoms with Gasteiger partial charge in [-0.05, 0) is 30.7 Å². The van der Waals surface area contributed by atoms with Crippen LogP contribution in [0.3, 0.4) is 0 Å². The molecule has 0 bridgehead atoms. The number of hydrogen-bond acceptors (Lipinski definition) is 3. The Morgan fingerprint density at radius 1 is 1.29 bits per heavy atom. The van der Waals surface area contributed by atoms with Gasteiger partial charge in [-0.25, -0.2) is 0 Å². The van der Waals surface area contributed by atoms with Crippen molar-refractivity contribution < 1.29 is 9.59 Å². The van der Waals surface area contributed by atoms with Crippen LogP contribution in [-0.2, 0) is 4.79 Å². The number of benzene rings is 1. The summed E-state index contributed by atoms with van der Waals surface area (Å²) in [5.41, 5.74) is 1.76. The highest BCUT2D eigenvalue weighted by atomic mass is 16.2. The van der Waals surface area contributed by atoms with Gasteiger partial charge in [-0.2, -0.15) is 0 Å². The van der Waals surface area contributed by atoms with Crippen LogP contribution in [0.25, 0.3) is 0 Å². The minimum atomic E-state index is -0.0314. The fourth-order valence-corrected chi connectivity index (χ4v) is 3.23. The summed E-state index contributed by atoms with van der Waals surface area (Å²) < 4.78 is 0. The van der Waals surface area contributed by atoms with Crippen LogP contribution >= 0.6 is 0 Å². The van der Waals surface area contributed by atoms with E-state index in [4.69, 9.17) is 0 Å². The van der Waals surface area contributed by atoms with E-state index in [2.05, 4.69) is 5.32 Å². The molecule has 21 heavy (non-hydrogen) atoms. The Hall–Kier alpha value is -2.04. The zero-order valence-electron chi connectivity index (χ0n) is 12.6. The molecule has 2 heterocycles. The van der Waals surface area contributed by atoms with Crippen LogP contribution in [0.15, 0.2) is 24.3 Å². The molecule has 1 aromatic carbocycles. The lowest BCUT2D eigenvalue weighted by molar-refractivity contribution is -0.119. The van der Waals surface area contributed by atoms with Crippen LogP contribution in [0.5, 0.6) is 0 Å². The monoisotopic (exact) mass is 287 g/mol. The fraction of sp³-hybridized carbons (Fsp3) is 0.500. The first-order valence-corrected chi connectivity index (χ1v) is 7.33. The Balaban J connectivity index is 1.70. The Morgan fingerprint density at radius 2 is 2.00 bits per heavy atom. The van der Waals surface area contributed by atoms with E-state index in [0.29, 0.717) is 19.5 Å². The van der Waals surface area contributed by atoms with Crippen molar-refractivity contribution in [2.75, 3.05) is 38.6 Å². The number of rotatable bonds is 2. The Kier molecular flexibility index (Phi) is 3.35. The number of nitrogens with one attached hydrogen (secondary N) is 1. The van der Waals surface area contributed by atoms with Gasteiger partial charge in [0.1, 0.15) is 0 Å². The van der Waals surface area contributed by atoms with Crippen LogP contribution in [-0.4, -0.2) is 50.4 Å². The molecule has 5 heteroatoms. The van der Waals surface area contributed by atoms with Crippen LogP contribution in [0.4, 0.5) is 5.69 Å². The summed E-state index contributed by atoms with van der Waals surface area (Å²) in [6.45, 7) is 2.12. The maximum Gasteiger partial charge on any atom is 0.253 e. The number of nitrogens with zero attached hydrogens (tertiary/aromatic N) is 2. The van der Waals surface area contributed by atoms with E-state index in [9.17, 15) is 9.59 Å². The smallest absolute Gasteiger partial charge is 0.253 e. The van der Waals surface area contributed by atoms with Crippen molar-refractivity contribution in [2.45, 2.75) is 12.8 Å². The highest BCUT2D eigenvalue weighted by Crippen LogP contribution is 2.37. The van der Waals surface area contributed by atoms with Crippen LogP contribution in [0, 0.1) is 5.41 Å². The number of anilines is 1. The molecule has 0 radical (unpaired) electrons. The summed E-state index contributed by atoms with van der Waals surface area (Å²) in [4.78, 5) is 27.9. The maximum atomic E-state index is 12.6. The second-order valence-electron chi connectivity index (χ2n) is 6.37. The quantitative estimate of drug-likeness (QED) is 0.886. The normalized spacial score (nSPS) is 24.5. The molecule has 2 fully saturated rings. The van der Waals surface area contributed by atoms with Gasteiger partial charge < -0.3 is 15.1 Å². The van der Waals surface area contributed by atoms with Gasteiger partial charge in [0.15, 0.2) is 0 Å². The maximum absolute atomic E-state index is 12.6. The predicted molar refractivity (Wildman–Crippen MR) is 81.3 cm³/mol. The minimum Gasteiger partial charge on any atom is -0.378 e. The zero-order chi connectivity index (χ0) is 15.0. The van der Waals surface area contributed by atoms with E-state index >= 15 is 0 Å². The Morgan fingerprint density at radius 3 is 2.57 bits per heavy atom. The van der Waals surface area contributed by atoms with Gasteiger partial charge in [0.25, 0.3) is 5.91 Å². The average molecular weight is 287 g/mol. The summed E-state index contributed by atoms with van der Waals surface area (Å²) in [6.07, 6.45) is 1.46. The molecule has 2 amide bonds. The zero-order valence-corrected chi connectivity index (χ0v) is 12.6. The van der Waals surface area contributed by atoms with Crippen molar-refractivity contribution in [2.24, 2.45) is 5.41 Å². The first-order valence-electron chi connectivity index (χ1n) is 7.33. The summed E-state index contributed by atoms with van der Waals surface area (Å²) in [5.74, 6) is 0.177. The molecule has 1 N–H and O–H groups in total. The molecule has 5 nitrogen and oxygen atoms in total. The van der Waals surface area contributed by atoms with E-state index < -0.39 is 0 Å². The minimum absolute atomic E-state index is 0.0314. The molecule has 0 saturated carbocycles. The topological polar surface area (TPSA) is 52.7 Å². The van der Waals surface area contributed by atoms with Gasteiger partial charge >= 0.3 is 0 Å². The molecular weight excluding hydrogens is 266 g/mol. The van der Waals surface area contributed by atoms with E-state index in [1.807, 2.05) is 48.2 Å². The summed E-state index contributed by atoms with van der Waals surface area (Å²) in [7, 11) is 3.95. The summed E-state index contributed by atoms with van der Waals surface area (Å²) >= 11 is 0. The molecule has 1 aromatic rings. The van der Waals surface area contributed by atoms with Crippen LogP contribution < -0.4 is 10.2 Å². The predicted octanol–water partition coefficient (Wildman–Crippen LogP) is 1.10. The molecule has 2 saturated heterocycles. The van der Waals surface area contributed by atoms with Crippen molar-refractivity contribution in [1.82, 2.24) is 10.2 Å². The molecular formula is C16H21N3O2. The highest BCUT2D eigenvalue weighted by molar-refractivity contribution is 5.95. The van der Waals surface area contributed by atoms with E-state index in [1.54, 1.807) is 0 Å². The number of carbonyl (C=O) groups is 2. The third-order valence-corrected chi connectivity index (χ3v) is 4.55. The Bertz CT molecular complexity index is 567. The average Bonchev–Trinajstić information content (AvgIpc) is 3.05. The third kappa shape index (κ3) is 2.60. The molecule has 0 aromatic heterocycles. The lowest BCUT2D eigenvalue weighted by atomic mass is 9.86. The third-order valence-electron chi connectivity index (χ3n) is 4.55. The first kappa shape index (κ1) is 13.9. The van der Waals surface area contributed by atoms with Crippen LogP contribution in [0.1, 0.15) is 23.2 Å². The van der Waals surface area contributed by atoms with Gasteiger partial charge in [0, 0.05) is 56.8 Å². The largest absolute Gasteiger partial charge is 0.378 e. The van der Waals surface area contributed by atoms with E-state index in [-0.39, 0.29) is 17.2 Å². The van der Waals surface area contributed by atoms with E-state index in [1.165, 1.54) is 0 Å². The van der Waals surface area contributed by atoms with Crippen molar-refractivity contribution in [3.63, 3.8) is 0 Å². The first-order chi connectivity index (χ1) is 9.99. The molecule has 1 atom stereocenters. The second-order valence-corrected chi connectivity index (χ2v) is 6.37. The lowest BCUT2D eigenvalue weighted by Gasteiger charge is -2.22. The number of amides is 2.